The summed E-state index contributed by atoms with van der Waals surface area (Å²) in [6, 6.07) is 16.0. The molecule has 2 aliphatic rings. The maximum absolute atomic E-state index is 14.6. The van der Waals surface area contributed by atoms with Gasteiger partial charge in [-0.25, -0.2) is 4.39 Å². The molecule has 0 saturated carbocycles. The largest absolute Gasteiger partial charge is 0.493 e. The number of carbonyl (C=O) groups excluding carboxylic acids is 3. The number of rotatable bonds is 3. The van der Waals surface area contributed by atoms with Gasteiger partial charge in [-0.1, -0.05) is 12.1 Å². The molecule has 3 amide bonds. The standard InChI is InChI=1S/C33H33FN6O6/c1-44-29-7-5-21-6-8-31(41)35-16-22-11-24(34)15-26(12-22)46-28-9-10-39(17-27(28)38-32(42)18-45-30(29)13-21)33(43)23-3-2-4-25(14-23)40-19-36-37-20-40/h2-5,7,11-15,19-20,27-28H,6,8-10,16-18H2,1H3,(H,35,41)(H,38,42)/t27-,28-/m1/s1. The highest BCUT2D eigenvalue weighted by Crippen LogP contribution is 2.29. The molecule has 0 aliphatic carbocycles. The van der Waals surface area contributed by atoms with Crippen LogP contribution in [-0.4, -0.2) is 76.3 Å². The second kappa shape index (κ2) is 13.7. The average Bonchev–Trinajstić information content (AvgIpc) is 3.61. The summed E-state index contributed by atoms with van der Waals surface area (Å²) in [5.41, 5.74) is 2.55. The van der Waals surface area contributed by atoms with Crippen molar-refractivity contribution in [2.45, 2.75) is 38.0 Å². The molecule has 4 aromatic rings. The molecule has 238 valence electrons. The molecule has 1 saturated heterocycles. The Labute approximate surface area is 264 Å². The van der Waals surface area contributed by atoms with Crippen LogP contribution in [0.4, 0.5) is 4.39 Å². The third kappa shape index (κ3) is 7.25. The Morgan fingerprint density at radius 1 is 1.00 bits per heavy atom. The first-order valence-corrected chi connectivity index (χ1v) is 14.9. The Bertz CT molecular complexity index is 1730. The molecule has 13 heteroatoms. The van der Waals surface area contributed by atoms with Gasteiger partial charge in [0, 0.05) is 49.8 Å². The minimum Gasteiger partial charge on any atom is -0.493 e. The van der Waals surface area contributed by atoms with Gasteiger partial charge in [-0.2, -0.15) is 0 Å². The molecule has 0 unspecified atom stereocenters. The van der Waals surface area contributed by atoms with Gasteiger partial charge in [-0.15, -0.1) is 10.2 Å². The van der Waals surface area contributed by atoms with E-state index in [0.717, 1.165) is 11.3 Å². The fourth-order valence-corrected chi connectivity index (χ4v) is 5.60. The Morgan fingerprint density at radius 3 is 2.67 bits per heavy atom. The number of methoxy groups -OCH3 is 1. The lowest BCUT2D eigenvalue weighted by atomic mass is 10.00. The number of likely N-dealkylation sites (tertiary alicyclic amines) is 1. The molecule has 2 atom stereocenters. The second-order valence-corrected chi connectivity index (χ2v) is 11.1. The van der Waals surface area contributed by atoms with Gasteiger partial charge in [0.25, 0.3) is 11.8 Å². The fraction of sp³-hybridized carbons (Fsp3) is 0.303. The molecular weight excluding hydrogens is 595 g/mol. The van der Waals surface area contributed by atoms with Crippen LogP contribution in [0.3, 0.4) is 0 Å². The van der Waals surface area contributed by atoms with Crippen molar-refractivity contribution in [3.8, 4) is 22.9 Å². The number of benzene rings is 3. The van der Waals surface area contributed by atoms with Crippen molar-refractivity contribution in [1.29, 1.82) is 0 Å². The Kier molecular flexibility index (Phi) is 9.08. The molecule has 0 spiro atoms. The summed E-state index contributed by atoms with van der Waals surface area (Å²) in [5, 5.41) is 13.5. The number of nitrogens with one attached hydrogen (secondary N) is 2. The number of nitrogens with zero attached hydrogens (tertiary/aromatic N) is 4. The highest BCUT2D eigenvalue weighted by molar-refractivity contribution is 5.95. The summed E-state index contributed by atoms with van der Waals surface area (Å²) in [6.45, 7) is 0.266. The molecule has 3 aromatic carbocycles. The average molecular weight is 629 g/mol. The van der Waals surface area contributed by atoms with Crippen molar-refractivity contribution < 1.29 is 33.0 Å². The highest BCUT2D eigenvalue weighted by atomic mass is 19.1. The molecule has 3 heterocycles. The lowest BCUT2D eigenvalue weighted by Gasteiger charge is -2.39. The van der Waals surface area contributed by atoms with E-state index in [-0.39, 0.29) is 43.7 Å². The van der Waals surface area contributed by atoms with Crippen LogP contribution in [0, 0.1) is 5.82 Å². The number of carbonyl (C=O) groups is 3. The van der Waals surface area contributed by atoms with Gasteiger partial charge in [0.2, 0.25) is 5.91 Å². The first kappa shape index (κ1) is 30.6. The number of piperidine rings is 1. The zero-order valence-corrected chi connectivity index (χ0v) is 25.1. The lowest BCUT2D eigenvalue weighted by Crippen LogP contribution is -2.58. The molecule has 4 bridgehead atoms. The monoisotopic (exact) mass is 628 g/mol. The summed E-state index contributed by atoms with van der Waals surface area (Å²) in [4.78, 5) is 41.2. The van der Waals surface area contributed by atoms with Crippen LogP contribution >= 0.6 is 0 Å². The van der Waals surface area contributed by atoms with Crippen LogP contribution in [0.5, 0.6) is 17.2 Å². The smallest absolute Gasteiger partial charge is 0.258 e. The predicted octanol–water partition coefficient (Wildman–Crippen LogP) is 2.83. The predicted molar refractivity (Wildman–Crippen MR) is 163 cm³/mol. The van der Waals surface area contributed by atoms with E-state index in [2.05, 4.69) is 20.8 Å². The van der Waals surface area contributed by atoms with Gasteiger partial charge >= 0.3 is 0 Å². The van der Waals surface area contributed by atoms with Gasteiger partial charge in [-0.05, 0) is 60.0 Å². The number of hydrogen-bond acceptors (Lipinski definition) is 8. The number of aryl methyl sites for hydroxylation is 1. The van der Waals surface area contributed by atoms with Crippen LogP contribution in [-0.2, 0) is 22.6 Å². The summed E-state index contributed by atoms with van der Waals surface area (Å²) in [5.74, 6) is -0.305. The van der Waals surface area contributed by atoms with Gasteiger partial charge in [0.05, 0.1) is 13.2 Å². The van der Waals surface area contributed by atoms with Gasteiger partial charge in [0.1, 0.15) is 30.3 Å². The van der Waals surface area contributed by atoms with E-state index in [4.69, 9.17) is 14.2 Å². The van der Waals surface area contributed by atoms with Crippen LogP contribution in [0.1, 0.15) is 34.3 Å². The minimum absolute atomic E-state index is 0.116. The zero-order chi connectivity index (χ0) is 32.0. The third-order valence-electron chi connectivity index (χ3n) is 7.93. The number of fused-ring (bicyclic) bond motifs is 5. The maximum atomic E-state index is 14.6. The van der Waals surface area contributed by atoms with Crippen LogP contribution in [0.25, 0.3) is 5.69 Å². The van der Waals surface area contributed by atoms with E-state index < -0.39 is 23.9 Å². The normalized spacial score (nSPS) is 18.9. The lowest BCUT2D eigenvalue weighted by molar-refractivity contribution is -0.125. The summed E-state index contributed by atoms with van der Waals surface area (Å²) in [6.07, 6.45) is 3.49. The number of ether oxygens (including phenoxy) is 3. The Morgan fingerprint density at radius 2 is 1.85 bits per heavy atom. The van der Waals surface area contributed by atoms with E-state index in [1.165, 1.54) is 19.2 Å². The molecule has 0 radical (unpaired) electrons. The van der Waals surface area contributed by atoms with E-state index in [1.54, 1.807) is 58.5 Å². The molecule has 6 rings (SSSR count). The van der Waals surface area contributed by atoms with E-state index in [1.807, 2.05) is 12.1 Å². The number of halogens is 1. The number of hydrogen-bond donors (Lipinski definition) is 2. The van der Waals surface area contributed by atoms with E-state index in [0.29, 0.717) is 42.0 Å². The first-order valence-electron chi connectivity index (χ1n) is 14.9. The van der Waals surface area contributed by atoms with E-state index >= 15 is 0 Å². The van der Waals surface area contributed by atoms with Gasteiger partial charge in [0.15, 0.2) is 18.1 Å². The third-order valence-corrected chi connectivity index (χ3v) is 7.93. The summed E-state index contributed by atoms with van der Waals surface area (Å²) >= 11 is 0. The molecule has 46 heavy (non-hydrogen) atoms. The molecule has 1 fully saturated rings. The van der Waals surface area contributed by atoms with Crippen LogP contribution < -0.4 is 24.8 Å². The molecule has 1 aromatic heterocycles. The summed E-state index contributed by atoms with van der Waals surface area (Å²) < 4.78 is 33.9. The Balaban J connectivity index is 1.26. The van der Waals surface area contributed by atoms with Crippen LogP contribution in [0.2, 0.25) is 0 Å². The molecule has 2 N–H and O–H groups in total. The quantitative estimate of drug-likeness (QED) is 0.354. The zero-order valence-electron chi connectivity index (χ0n) is 25.1. The van der Waals surface area contributed by atoms with Crippen LogP contribution in [0.15, 0.2) is 73.3 Å². The van der Waals surface area contributed by atoms with Crippen molar-refractivity contribution in [1.82, 2.24) is 30.3 Å². The number of amides is 3. The summed E-state index contributed by atoms with van der Waals surface area (Å²) in [7, 11) is 1.50. The fourth-order valence-electron chi connectivity index (χ4n) is 5.60. The van der Waals surface area contributed by atoms with Crippen molar-refractivity contribution in [3.63, 3.8) is 0 Å². The SMILES string of the molecule is COc1ccc2cc1OCC(=O)N[C@@H]1CN(C(=O)c3cccc(-n4cnnc4)c3)CC[C@H]1Oc1cc(F)cc(c1)CNC(=O)CC2. The maximum Gasteiger partial charge on any atom is 0.258 e. The Hall–Kier alpha value is -5.46. The van der Waals surface area contributed by atoms with E-state index in [9.17, 15) is 18.8 Å². The second-order valence-electron chi connectivity index (χ2n) is 11.1. The molecule has 2 aliphatic heterocycles. The minimum atomic E-state index is -0.645. The topological polar surface area (TPSA) is 137 Å². The van der Waals surface area contributed by atoms with Gasteiger partial charge < -0.3 is 29.7 Å². The van der Waals surface area contributed by atoms with Crippen molar-refractivity contribution >= 4 is 17.7 Å². The van der Waals surface area contributed by atoms with Crippen molar-refractivity contribution in [2.75, 3.05) is 26.8 Å². The molecular formula is C33H33FN6O6. The van der Waals surface area contributed by atoms with Crippen molar-refractivity contribution in [3.05, 3.63) is 95.8 Å². The highest BCUT2D eigenvalue weighted by Gasteiger charge is 2.35. The number of aromatic nitrogens is 3. The van der Waals surface area contributed by atoms with Crippen molar-refractivity contribution in [2.24, 2.45) is 0 Å². The molecule has 12 nitrogen and oxygen atoms in total. The first-order chi connectivity index (χ1) is 22.3. The van der Waals surface area contributed by atoms with Gasteiger partial charge in [-0.3, -0.25) is 19.0 Å².